The van der Waals surface area contributed by atoms with Crippen molar-refractivity contribution < 1.29 is 22.4 Å². The minimum absolute atomic E-state index is 0.152. The summed E-state index contributed by atoms with van der Waals surface area (Å²) in [7, 11) is -2.08. The smallest absolute Gasteiger partial charge is 0.254 e. The summed E-state index contributed by atoms with van der Waals surface area (Å²) in [5.41, 5.74) is 0.330. The lowest BCUT2D eigenvalue weighted by Gasteiger charge is -2.34. The number of rotatable bonds is 8. The number of furan rings is 1. The number of piperidine rings is 1. The molecule has 2 heterocycles. The highest BCUT2D eigenvalue weighted by Crippen LogP contribution is 2.27. The Morgan fingerprint density at radius 2 is 1.93 bits per heavy atom. The average molecular weight is 435 g/mol. The molecule has 2 atom stereocenters. The molecule has 3 rings (SSSR count). The third-order valence-electron chi connectivity index (χ3n) is 5.33. The number of benzene rings is 1. The molecule has 0 N–H and O–H groups in total. The first-order valence-corrected chi connectivity index (χ1v) is 11.7. The van der Waals surface area contributed by atoms with Gasteiger partial charge in [-0.3, -0.25) is 4.79 Å². The molecule has 1 amide bonds. The molecule has 8 heteroatoms. The molecule has 0 bridgehead atoms. The van der Waals surface area contributed by atoms with Crippen LogP contribution >= 0.6 is 0 Å². The van der Waals surface area contributed by atoms with Gasteiger partial charge in [0, 0.05) is 32.3 Å². The topological polar surface area (TPSA) is 80.1 Å². The molecule has 1 aromatic carbocycles. The van der Waals surface area contributed by atoms with E-state index in [2.05, 4.69) is 13.8 Å². The van der Waals surface area contributed by atoms with Crippen LogP contribution < -0.4 is 0 Å². The second-order valence-corrected chi connectivity index (χ2v) is 10.0. The van der Waals surface area contributed by atoms with E-state index in [4.69, 9.17) is 9.15 Å². The van der Waals surface area contributed by atoms with Crippen molar-refractivity contribution in [2.75, 3.05) is 33.4 Å². The molecule has 1 aliphatic heterocycles. The monoisotopic (exact) mass is 434 g/mol. The Hall–Kier alpha value is -2.16. The van der Waals surface area contributed by atoms with E-state index in [1.165, 1.54) is 6.07 Å². The van der Waals surface area contributed by atoms with E-state index in [9.17, 15) is 13.2 Å². The van der Waals surface area contributed by atoms with Crippen molar-refractivity contribution in [3.05, 3.63) is 54.0 Å². The van der Waals surface area contributed by atoms with Crippen LogP contribution in [0.15, 0.2) is 52.0 Å². The largest absolute Gasteiger partial charge is 0.467 e. The van der Waals surface area contributed by atoms with Crippen LogP contribution in [0.1, 0.15) is 36.4 Å². The van der Waals surface area contributed by atoms with Crippen LogP contribution in [0.25, 0.3) is 0 Å². The van der Waals surface area contributed by atoms with Crippen LogP contribution in [0.2, 0.25) is 0 Å². The molecule has 7 nitrogen and oxygen atoms in total. The standard InChI is InChI=1S/C22H30N2O5S/c1-17-12-18(2)15-24(14-17)30(26,27)21-8-4-6-19(13-21)22(25)23(9-11-28-3)16-20-7-5-10-29-20/h4-8,10,13,17-18H,9,11-12,14-16H2,1-3H3. The summed E-state index contributed by atoms with van der Waals surface area (Å²) in [6.45, 7) is 6.17. The van der Waals surface area contributed by atoms with Gasteiger partial charge in [0.25, 0.3) is 5.91 Å². The first-order chi connectivity index (χ1) is 14.3. The number of hydrogen-bond acceptors (Lipinski definition) is 5. The number of carbonyl (C=O) groups is 1. The molecule has 1 aromatic heterocycles. The number of carbonyl (C=O) groups excluding carboxylic acids is 1. The molecule has 2 aromatic rings. The zero-order valence-electron chi connectivity index (χ0n) is 17.8. The Bertz CT molecular complexity index is 932. The molecule has 0 saturated carbocycles. The molecule has 0 aliphatic carbocycles. The highest BCUT2D eigenvalue weighted by Gasteiger charge is 2.32. The fraction of sp³-hybridized carbons (Fsp3) is 0.500. The van der Waals surface area contributed by atoms with E-state index in [1.807, 2.05) is 0 Å². The van der Waals surface area contributed by atoms with Gasteiger partial charge >= 0.3 is 0 Å². The molecular weight excluding hydrogens is 404 g/mol. The van der Waals surface area contributed by atoms with Crippen molar-refractivity contribution in [2.45, 2.75) is 31.7 Å². The molecule has 30 heavy (non-hydrogen) atoms. The maximum atomic E-state index is 13.2. The van der Waals surface area contributed by atoms with Gasteiger partial charge in [-0.25, -0.2) is 8.42 Å². The summed E-state index contributed by atoms with van der Waals surface area (Å²) in [4.78, 5) is 14.9. The van der Waals surface area contributed by atoms with Gasteiger partial charge in [-0.15, -0.1) is 0 Å². The van der Waals surface area contributed by atoms with Crippen molar-refractivity contribution in [1.82, 2.24) is 9.21 Å². The summed E-state index contributed by atoms with van der Waals surface area (Å²) >= 11 is 0. The average Bonchev–Trinajstić information content (AvgIpc) is 3.23. The number of methoxy groups -OCH3 is 1. The summed E-state index contributed by atoms with van der Waals surface area (Å²) < 4.78 is 38.5. The lowest BCUT2D eigenvalue weighted by atomic mass is 9.94. The summed E-state index contributed by atoms with van der Waals surface area (Å²) in [5.74, 6) is 1.01. The number of sulfonamides is 1. The van der Waals surface area contributed by atoms with E-state index in [0.717, 1.165) is 6.42 Å². The van der Waals surface area contributed by atoms with Gasteiger partial charge in [0.05, 0.1) is 24.3 Å². The molecular formula is C22H30N2O5S. The van der Waals surface area contributed by atoms with Crippen LogP contribution in [-0.4, -0.2) is 56.9 Å². The zero-order valence-corrected chi connectivity index (χ0v) is 18.6. The summed E-state index contributed by atoms with van der Waals surface area (Å²) in [6.07, 6.45) is 2.58. The predicted molar refractivity (Wildman–Crippen MR) is 113 cm³/mol. The highest BCUT2D eigenvalue weighted by atomic mass is 32.2. The van der Waals surface area contributed by atoms with Crippen LogP contribution in [0, 0.1) is 11.8 Å². The van der Waals surface area contributed by atoms with Crippen molar-refractivity contribution >= 4 is 15.9 Å². The van der Waals surface area contributed by atoms with Crippen molar-refractivity contribution in [3.63, 3.8) is 0 Å². The molecule has 0 radical (unpaired) electrons. The van der Waals surface area contributed by atoms with Crippen molar-refractivity contribution in [1.29, 1.82) is 0 Å². The first-order valence-electron chi connectivity index (χ1n) is 10.2. The van der Waals surface area contributed by atoms with Gasteiger partial charge in [0.2, 0.25) is 10.0 Å². The molecule has 1 aliphatic rings. The Morgan fingerprint density at radius 1 is 1.20 bits per heavy atom. The van der Waals surface area contributed by atoms with E-state index >= 15 is 0 Å². The van der Waals surface area contributed by atoms with Gasteiger partial charge < -0.3 is 14.1 Å². The van der Waals surface area contributed by atoms with Gasteiger partial charge in [-0.2, -0.15) is 4.31 Å². The number of ether oxygens (including phenoxy) is 1. The second kappa shape index (κ2) is 9.76. The van der Waals surface area contributed by atoms with Crippen LogP contribution in [-0.2, 0) is 21.3 Å². The lowest BCUT2D eigenvalue weighted by molar-refractivity contribution is 0.0666. The van der Waals surface area contributed by atoms with E-state index in [1.54, 1.807) is 52.9 Å². The fourth-order valence-electron chi connectivity index (χ4n) is 3.97. The number of hydrogen-bond donors (Lipinski definition) is 0. The van der Waals surface area contributed by atoms with E-state index in [-0.39, 0.29) is 17.3 Å². The molecule has 2 unspecified atom stereocenters. The summed E-state index contributed by atoms with van der Waals surface area (Å²) in [5, 5.41) is 0. The lowest BCUT2D eigenvalue weighted by Crippen LogP contribution is -2.42. The third-order valence-corrected chi connectivity index (χ3v) is 7.16. The van der Waals surface area contributed by atoms with Crippen molar-refractivity contribution in [3.8, 4) is 0 Å². The Labute approximate surface area is 178 Å². The maximum Gasteiger partial charge on any atom is 0.254 e. The first kappa shape index (κ1) is 22.5. The molecule has 1 saturated heterocycles. The van der Waals surface area contributed by atoms with Gasteiger partial charge in [-0.1, -0.05) is 19.9 Å². The zero-order chi connectivity index (χ0) is 21.7. The molecule has 1 fully saturated rings. The van der Waals surface area contributed by atoms with Crippen LogP contribution in [0.4, 0.5) is 0 Å². The predicted octanol–water partition coefficient (Wildman–Crippen LogP) is 3.24. The highest BCUT2D eigenvalue weighted by molar-refractivity contribution is 7.89. The fourth-order valence-corrected chi connectivity index (χ4v) is 5.69. The summed E-state index contributed by atoms with van der Waals surface area (Å²) in [6, 6.07) is 9.86. The van der Waals surface area contributed by atoms with E-state index < -0.39 is 10.0 Å². The van der Waals surface area contributed by atoms with Crippen LogP contribution in [0.5, 0.6) is 0 Å². The van der Waals surface area contributed by atoms with Gasteiger partial charge in [-0.05, 0) is 48.6 Å². The van der Waals surface area contributed by atoms with Crippen LogP contribution in [0.3, 0.4) is 0 Å². The van der Waals surface area contributed by atoms with Gasteiger partial charge in [0.1, 0.15) is 5.76 Å². The molecule has 0 spiro atoms. The quantitative estimate of drug-likeness (QED) is 0.637. The maximum absolute atomic E-state index is 13.2. The minimum atomic E-state index is -3.66. The SMILES string of the molecule is COCCN(Cc1ccco1)C(=O)c1cccc(S(=O)(=O)N2CC(C)CC(C)C2)c1. The van der Waals surface area contributed by atoms with E-state index in [0.29, 0.717) is 49.4 Å². The minimum Gasteiger partial charge on any atom is -0.467 e. The Kier molecular flexibility index (Phi) is 7.33. The Balaban J connectivity index is 1.84. The number of amides is 1. The molecule has 164 valence electrons. The second-order valence-electron chi connectivity index (χ2n) is 8.09. The third kappa shape index (κ3) is 5.30. The number of nitrogens with zero attached hydrogens (tertiary/aromatic N) is 2. The van der Waals surface area contributed by atoms with Crippen molar-refractivity contribution in [2.24, 2.45) is 11.8 Å². The Morgan fingerprint density at radius 3 is 2.57 bits per heavy atom. The van der Waals surface area contributed by atoms with Gasteiger partial charge in [0.15, 0.2) is 0 Å². The normalized spacial score (nSPS) is 20.2.